The number of nitrogens with zero attached hydrogens (tertiary/aromatic N) is 1. The highest BCUT2D eigenvalue weighted by Gasteiger charge is 2.29. The molecule has 3 aromatic rings. The lowest BCUT2D eigenvalue weighted by molar-refractivity contribution is 0.0941. The van der Waals surface area contributed by atoms with Crippen molar-refractivity contribution in [1.82, 2.24) is 9.62 Å². The lowest BCUT2D eigenvalue weighted by Gasteiger charge is -2.31. The molecule has 166 valence electrons. The van der Waals surface area contributed by atoms with Gasteiger partial charge in [-0.1, -0.05) is 42.5 Å². The van der Waals surface area contributed by atoms with Crippen molar-refractivity contribution >= 4 is 15.9 Å². The van der Waals surface area contributed by atoms with Crippen LogP contribution in [0.5, 0.6) is 11.5 Å². The summed E-state index contributed by atoms with van der Waals surface area (Å²) in [6, 6.07) is 25.0. The number of carbonyl (C=O) groups excluding carboxylic acids is 1. The minimum absolute atomic E-state index is 0.164. The fourth-order valence-corrected chi connectivity index (χ4v) is 5.25. The van der Waals surface area contributed by atoms with Crippen LogP contribution in [0.3, 0.4) is 0 Å². The van der Waals surface area contributed by atoms with Gasteiger partial charge in [0.2, 0.25) is 10.0 Å². The quantitative estimate of drug-likeness (QED) is 0.582. The summed E-state index contributed by atoms with van der Waals surface area (Å²) in [7, 11) is -3.46. The maximum atomic E-state index is 12.8. The van der Waals surface area contributed by atoms with Crippen molar-refractivity contribution in [1.29, 1.82) is 0 Å². The summed E-state index contributed by atoms with van der Waals surface area (Å²) in [6.07, 6.45) is 1.42. The minimum atomic E-state index is -3.46. The second-order valence-corrected chi connectivity index (χ2v) is 9.75. The molecule has 1 aliphatic rings. The van der Waals surface area contributed by atoms with E-state index in [1.807, 2.05) is 36.4 Å². The number of rotatable bonds is 7. The van der Waals surface area contributed by atoms with Crippen molar-refractivity contribution < 1.29 is 17.9 Å². The van der Waals surface area contributed by atoms with Crippen molar-refractivity contribution in [2.75, 3.05) is 19.6 Å². The van der Waals surface area contributed by atoms with E-state index in [0.717, 1.165) is 0 Å². The summed E-state index contributed by atoms with van der Waals surface area (Å²) in [6.45, 7) is 1.43. The molecule has 1 amide bonds. The molecule has 0 radical (unpaired) electrons. The molecule has 0 aliphatic carbocycles. The smallest absolute Gasteiger partial charge is 0.251 e. The van der Waals surface area contributed by atoms with Crippen molar-refractivity contribution in [3.63, 3.8) is 0 Å². The minimum Gasteiger partial charge on any atom is -0.457 e. The Labute approximate surface area is 188 Å². The van der Waals surface area contributed by atoms with Crippen LogP contribution in [-0.2, 0) is 10.0 Å². The maximum absolute atomic E-state index is 12.8. The largest absolute Gasteiger partial charge is 0.457 e. The second-order valence-electron chi connectivity index (χ2n) is 7.81. The predicted molar refractivity (Wildman–Crippen MR) is 123 cm³/mol. The van der Waals surface area contributed by atoms with Crippen LogP contribution >= 0.6 is 0 Å². The zero-order chi connectivity index (χ0) is 22.4. The molecule has 3 aromatic carbocycles. The molecule has 1 heterocycles. The fraction of sp³-hybridized carbons (Fsp3) is 0.240. The highest BCUT2D eigenvalue weighted by molar-refractivity contribution is 7.89. The monoisotopic (exact) mass is 450 g/mol. The highest BCUT2D eigenvalue weighted by atomic mass is 32.2. The van der Waals surface area contributed by atoms with E-state index in [2.05, 4.69) is 5.32 Å². The molecule has 0 bridgehead atoms. The van der Waals surface area contributed by atoms with Gasteiger partial charge < -0.3 is 10.1 Å². The van der Waals surface area contributed by atoms with Gasteiger partial charge in [-0.25, -0.2) is 8.42 Å². The van der Waals surface area contributed by atoms with Gasteiger partial charge in [0.15, 0.2) is 0 Å². The number of hydrogen-bond acceptors (Lipinski definition) is 4. The molecule has 1 N–H and O–H groups in total. The fourth-order valence-electron chi connectivity index (χ4n) is 3.76. The Bertz CT molecular complexity index is 1140. The second kappa shape index (κ2) is 9.97. The van der Waals surface area contributed by atoms with Crippen molar-refractivity contribution in [3.05, 3.63) is 90.5 Å². The predicted octanol–water partition coefficient (Wildman–Crippen LogP) is 4.31. The molecule has 0 atom stereocenters. The summed E-state index contributed by atoms with van der Waals surface area (Å²) in [5.41, 5.74) is 0.530. The molecule has 0 saturated carbocycles. The number of para-hydroxylation sites is 1. The van der Waals surface area contributed by atoms with E-state index in [-0.39, 0.29) is 11.8 Å². The van der Waals surface area contributed by atoms with Gasteiger partial charge in [0.25, 0.3) is 5.91 Å². The standard InChI is InChI=1S/C25H26N2O4S/c28-25(21-8-7-11-23(18-21)31-22-9-3-1-4-10-22)26-19-20-14-16-27(17-15-20)32(29,30)24-12-5-2-6-13-24/h1-13,18,20H,14-17,19H2,(H,26,28). The van der Waals surface area contributed by atoms with Gasteiger partial charge >= 0.3 is 0 Å². The number of ether oxygens (including phenoxy) is 1. The third kappa shape index (κ3) is 5.36. The third-order valence-electron chi connectivity index (χ3n) is 5.58. The molecule has 4 rings (SSSR count). The van der Waals surface area contributed by atoms with Crippen LogP contribution in [0.1, 0.15) is 23.2 Å². The molecule has 7 heteroatoms. The lowest BCUT2D eigenvalue weighted by Crippen LogP contribution is -2.41. The average molecular weight is 451 g/mol. The van der Waals surface area contributed by atoms with E-state index in [4.69, 9.17) is 4.74 Å². The topological polar surface area (TPSA) is 75.7 Å². The van der Waals surface area contributed by atoms with Crippen LogP contribution in [-0.4, -0.2) is 38.3 Å². The summed E-state index contributed by atoms with van der Waals surface area (Å²) in [4.78, 5) is 13.0. The maximum Gasteiger partial charge on any atom is 0.251 e. The first-order valence-electron chi connectivity index (χ1n) is 10.7. The summed E-state index contributed by atoms with van der Waals surface area (Å²) < 4.78 is 32.8. The number of amides is 1. The Balaban J connectivity index is 1.29. The molecule has 32 heavy (non-hydrogen) atoms. The molecule has 1 fully saturated rings. The molecular formula is C25H26N2O4S. The van der Waals surface area contributed by atoms with Gasteiger partial charge in [0.05, 0.1) is 4.90 Å². The Kier molecular flexibility index (Phi) is 6.87. The molecule has 0 spiro atoms. The Morgan fingerprint density at radius 1 is 0.875 bits per heavy atom. The molecule has 0 aromatic heterocycles. The number of hydrogen-bond donors (Lipinski definition) is 1. The average Bonchev–Trinajstić information content (AvgIpc) is 2.84. The van der Waals surface area contributed by atoms with Crippen LogP contribution < -0.4 is 10.1 Å². The van der Waals surface area contributed by atoms with Gasteiger partial charge in [-0.3, -0.25) is 4.79 Å². The van der Waals surface area contributed by atoms with E-state index in [1.165, 1.54) is 4.31 Å². The van der Waals surface area contributed by atoms with E-state index < -0.39 is 10.0 Å². The normalized spacial score (nSPS) is 15.2. The first-order chi connectivity index (χ1) is 15.5. The summed E-state index contributed by atoms with van der Waals surface area (Å²) in [5, 5.41) is 2.98. The van der Waals surface area contributed by atoms with E-state index in [0.29, 0.717) is 54.4 Å². The first kappa shape index (κ1) is 22.0. The van der Waals surface area contributed by atoms with Crippen LogP contribution in [0.15, 0.2) is 89.8 Å². The van der Waals surface area contributed by atoms with Crippen molar-refractivity contribution in [2.45, 2.75) is 17.7 Å². The number of carbonyl (C=O) groups is 1. The zero-order valence-electron chi connectivity index (χ0n) is 17.7. The third-order valence-corrected chi connectivity index (χ3v) is 7.49. The van der Waals surface area contributed by atoms with Gasteiger partial charge in [-0.15, -0.1) is 0 Å². The highest BCUT2D eigenvalue weighted by Crippen LogP contribution is 2.24. The molecular weight excluding hydrogens is 424 g/mol. The Hall–Kier alpha value is -3.16. The molecule has 6 nitrogen and oxygen atoms in total. The van der Waals surface area contributed by atoms with Crippen LogP contribution in [0.4, 0.5) is 0 Å². The van der Waals surface area contributed by atoms with E-state index >= 15 is 0 Å². The lowest BCUT2D eigenvalue weighted by atomic mass is 9.98. The summed E-state index contributed by atoms with van der Waals surface area (Å²) in [5.74, 6) is 1.39. The molecule has 0 unspecified atom stereocenters. The van der Waals surface area contributed by atoms with Gasteiger partial charge in [-0.2, -0.15) is 4.31 Å². The van der Waals surface area contributed by atoms with E-state index in [1.54, 1.807) is 48.5 Å². The SMILES string of the molecule is O=C(NCC1CCN(S(=O)(=O)c2ccccc2)CC1)c1cccc(Oc2ccccc2)c1. The van der Waals surface area contributed by atoms with Crippen LogP contribution in [0.25, 0.3) is 0 Å². The molecule has 1 aliphatic heterocycles. The van der Waals surface area contributed by atoms with E-state index in [9.17, 15) is 13.2 Å². The number of sulfonamides is 1. The number of nitrogens with one attached hydrogen (secondary N) is 1. The number of piperidine rings is 1. The zero-order valence-corrected chi connectivity index (χ0v) is 18.5. The van der Waals surface area contributed by atoms with Gasteiger partial charge in [0, 0.05) is 25.2 Å². The van der Waals surface area contributed by atoms with Crippen LogP contribution in [0, 0.1) is 5.92 Å². The first-order valence-corrected chi connectivity index (χ1v) is 12.1. The Morgan fingerprint density at radius 3 is 2.19 bits per heavy atom. The number of benzene rings is 3. The van der Waals surface area contributed by atoms with Crippen LogP contribution in [0.2, 0.25) is 0 Å². The van der Waals surface area contributed by atoms with Gasteiger partial charge in [0.1, 0.15) is 11.5 Å². The van der Waals surface area contributed by atoms with Crippen molar-refractivity contribution in [2.24, 2.45) is 5.92 Å². The molecule has 1 saturated heterocycles. The Morgan fingerprint density at radius 2 is 1.50 bits per heavy atom. The van der Waals surface area contributed by atoms with Crippen molar-refractivity contribution in [3.8, 4) is 11.5 Å². The van der Waals surface area contributed by atoms with Gasteiger partial charge in [-0.05, 0) is 61.2 Å². The summed E-state index contributed by atoms with van der Waals surface area (Å²) >= 11 is 0.